The van der Waals surface area contributed by atoms with E-state index in [2.05, 4.69) is 10.0 Å². The van der Waals surface area contributed by atoms with Gasteiger partial charge >= 0.3 is 11.9 Å². The smallest absolute Gasteiger partial charge is 0.337 e. The zero-order valence-electron chi connectivity index (χ0n) is 20.7. The molecule has 0 bridgehead atoms. The zero-order valence-corrected chi connectivity index (χ0v) is 22.3. The van der Waals surface area contributed by atoms with E-state index in [4.69, 9.17) is 25.8 Å². The van der Waals surface area contributed by atoms with Crippen molar-refractivity contribution in [1.29, 1.82) is 0 Å². The van der Waals surface area contributed by atoms with E-state index in [9.17, 15) is 22.8 Å². The number of carbonyl (C=O) groups excluding carboxylic acids is 3. The first-order chi connectivity index (χ1) is 18.1. The van der Waals surface area contributed by atoms with Gasteiger partial charge in [-0.1, -0.05) is 41.9 Å². The molecule has 0 radical (unpaired) electrons. The van der Waals surface area contributed by atoms with E-state index >= 15 is 0 Å². The number of ether oxygens (including phenoxy) is 3. The molecule has 2 N–H and O–H groups in total. The first-order valence-corrected chi connectivity index (χ1v) is 13.0. The number of methoxy groups -OCH3 is 3. The molecule has 12 heteroatoms. The summed E-state index contributed by atoms with van der Waals surface area (Å²) in [5.41, 5.74) is 0.710. The van der Waals surface area contributed by atoms with E-state index in [1.807, 2.05) is 0 Å². The molecule has 200 valence electrons. The van der Waals surface area contributed by atoms with Crippen molar-refractivity contribution >= 4 is 45.2 Å². The fourth-order valence-corrected chi connectivity index (χ4v) is 5.05. The van der Waals surface area contributed by atoms with E-state index in [1.54, 1.807) is 30.3 Å². The molecule has 0 heterocycles. The monoisotopic (exact) mass is 560 g/mol. The van der Waals surface area contributed by atoms with Gasteiger partial charge in [0.15, 0.2) is 0 Å². The minimum Gasteiger partial charge on any atom is -0.495 e. The number of carbonyl (C=O) groups is 3. The van der Waals surface area contributed by atoms with Crippen LogP contribution in [-0.4, -0.2) is 53.6 Å². The SMILES string of the molecule is COC(=O)c1cc(NC(=O)C(Cc2ccccc2)NS(=O)(=O)c2ccc(OC)c(Cl)c2)cc(C(=O)OC)c1. The van der Waals surface area contributed by atoms with Gasteiger partial charge in [0, 0.05) is 5.69 Å². The molecule has 3 aromatic rings. The predicted molar refractivity (Wildman–Crippen MR) is 140 cm³/mol. The van der Waals surface area contributed by atoms with E-state index in [0.717, 1.165) is 0 Å². The van der Waals surface area contributed by atoms with Gasteiger partial charge in [-0.25, -0.2) is 18.0 Å². The van der Waals surface area contributed by atoms with Gasteiger partial charge in [0.25, 0.3) is 0 Å². The van der Waals surface area contributed by atoms with Crippen LogP contribution in [-0.2, 0) is 30.7 Å². The number of rotatable bonds is 10. The first kappa shape index (κ1) is 28.6. The highest BCUT2D eigenvalue weighted by atomic mass is 35.5. The Labute approximate surface area is 224 Å². The van der Waals surface area contributed by atoms with Gasteiger partial charge in [0.1, 0.15) is 11.8 Å². The molecule has 0 spiro atoms. The Bertz CT molecular complexity index is 1410. The molecule has 0 saturated carbocycles. The van der Waals surface area contributed by atoms with E-state index in [0.29, 0.717) is 5.56 Å². The lowest BCUT2D eigenvalue weighted by Crippen LogP contribution is -2.45. The highest BCUT2D eigenvalue weighted by Crippen LogP contribution is 2.27. The maximum atomic E-state index is 13.4. The molecule has 10 nitrogen and oxygen atoms in total. The van der Waals surface area contributed by atoms with Crippen LogP contribution in [0.25, 0.3) is 0 Å². The second kappa shape index (κ2) is 12.5. The van der Waals surface area contributed by atoms with Crippen LogP contribution in [0.3, 0.4) is 0 Å². The number of benzene rings is 3. The molecule has 0 aliphatic heterocycles. The third-order valence-electron chi connectivity index (χ3n) is 5.37. The Balaban J connectivity index is 1.96. The summed E-state index contributed by atoms with van der Waals surface area (Å²) in [5, 5.41) is 2.66. The molecule has 0 aliphatic rings. The zero-order chi connectivity index (χ0) is 27.9. The van der Waals surface area contributed by atoms with Crippen LogP contribution >= 0.6 is 11.6 Å². The third-order valence-corrected chi connectivity index (χ3v) is 7.14. The fraction of sp³-hybridized carbons (Fsp3) is 0.192. The Kier molecular flexibility index (Phi) is 9.45. The molecule has 38 heavy (non-hydrogen) atoms. The van der Waals surface area contributed by atoms with Crippen molar-refractivity contribution in [2.45, 2.75) is 17.4 Å². The maximum Gasteiger partial charge on any atom is 0.337 e. The van der Waals surface area contributed by atoms with Crippen LogP contribution in [0.2, 0.25) is 5.02 Å². The van der Waals surface area contributed by atoms with Crippen LogP contribution in [0.15, 0.2) is 71.6 Å². The summed E-state index contributed by atoms with van der Waals surface area (Å²) in [4.78, 5) is 37.4. The van der Waals surface area contributed by atoms with E-state index in [1.165, 1.54) is 57.7 Å². The fourth-order valence-electron chi connectivity index (χ4n) is 3.51. The molecule has 0 fully saturated rings. The Morgan fingerprint density at radius 3 is 2.00 bits per heavy atom. The number of hydrogen-bond donors (Lipinski definition) is 2. The molecular formula is C26H25ClN2O8S. The Morgan fingerprint density at radius 1 is 0.868 bits per heavy atom. The summed E-state index contributed by atoms with van der Waals surface area (Å²) in [6, 6.07) is 15.3. The van der Waals surface area contributed by atoms with Crippen LogP contribution in [0.1, 0.15) is 26.3 Å². The lowest BCUT2D eigenvalue weighted by atomic mass is 10.1. The molecule has 3 aromatic carbocycles. The molecule has 1 unspecified atom stereocenters. The standard InChI is InChI=1S/C26H25ClN2O8S/c1-35-23-10-9-20(15-21(23)27)38(33,34)29-22(11-16-7-5-4-6-8-16)24(30)28-19-13-17(25(31)36-2)12-18(14-19)26(32)37-3/h4-10,12-15,22,29H,11H2,1-3H3,(H,28,30). The second-order valence-corrected chi connectivity index (χ2v) is 10.1. The quantitative estimate of drug-likeness (QED) is 0.360. The Morgan fingerprint density at radius 2 is 1.47 bits per heavy atom. The molecule has 1 atom stereocenters. The van der Waals surface area contributed by atoms with Gasteiger partial charge in [-0.05, 0) is 48.4 Å². The van der Waals surface area contributed by atoms with Gasteiger partial charge in [0.05, 0.1) is 42.4 Å². The lowest BCUT2D eigenvalue weighted by molar-refractivity contribution is -0.117. The molecule has 3 rings (SSSR count). The van der Waals surface area contributed by atoms with Gasteiger partial charge < -0.3 is 19.5 Å². The average Bonchev–Trinajstić information content (AvgIpc) is 2.91. The van der Waals surface area contributed by atoms with E-state index in [-0.39, 0.29) is 38.9 Å². The minimum absolute atomic E-state index is 0.00363. The summed E-state index contributed by atoms with van der Waals surface area (Å²) in [5.74, 6) is -1.95. The summed E-state index contributed by atoms with van der Waals surface area (Å²) >= 11 is 6.10. The first-order valence-electron chi connectivity index (χ1n) is 11.1. The number of sulfonamides is 1. The Hall–Kier alpha value is -3.93. The topological polar surface area (TPSA) is 137 Å². The molecular weight excluding hydrogens is 536 g/mol. The van der Waals surface area contributed by atoms with Crippen molar-refractivity contribution in [1.82, 2.24) is 4.72 Å². The molecule has 1 amide bonds. The second-order valence-electron chi connectivity index (χ2n) is 7.93. The van der Waals surface area contributed by atoms with Gasteiger partial charge in [-0.2, -0.15) is 4.72 Å². The van der Waals surface area contributed by atoms with Gasteiger partial charge in [-0.15, -0.1) is 0 Å². The summed E-state index contributed by atoms with van der Waals surface area (Å²) < 4.78 is 43.3. The van der Waals surface area contributed by atoms with Crippen molar-refractivity contribution in [3.05, 3.63) is 88.4 Å². The minimum atomic E-state index is -4.21. The van der Waals surface area contributed by atoms with Crippen molar-refractivity contribution < 1.29 is 37.0 Å². The molecule has 0 saturated heterocycles. The van der Waals surface area contributed by atoms with Crippen LogP contribution < -0.4 is 14.8 Å². The maximum absolute atomic E-state index is 13.4. The number of halogens is 1. The van der Waals surface area contributed by atoms with Crippen molar-refractivity contribution in [3.63, 3.8) is 0 Å². The largest absolute Gasteiger partial charge is 0.495 e. The summed E-state index contributed by atoms with van der Waals surface area (Å²) in [6.07, 6.45) is -0.00363. The lowest BCUT2D eigenvalue weighted by Gasteiger charge is -2.19. The summed E-state index contributed by atoms with van der Waals surface area (Å²) in [7, 11) is -0.481. The van der Waals surface area contributed by atoms with Gasteiger partial charge in [-0.3, -0.25) is 4.79 Å². The third kappa shape index (κ3) is 7.09. The van der Waals surface area contributed by atoms with Gasteiger partial charge in [0.2, 0.25) is 15.9 Å². The number of esters is 2. The van der Waals surface area contributed by atoms with Crippen LogP contribution in [0.5, 0.6) is 5.75 Å². The van der Waals surface area contributed by atoms with Crippen molar-refractivity contribution in [3.8, 4) is 5.75 Å². The van der Waals surface area contributed by atoms with Crippen molar-refractivity contribution in [2.24, 2.45) is 0 Å². The summed E-state index contributed by atoms with van der Waals surface area (Å²) in [6.45, 7) is 0. The van der Waals surface area contributed by atoms with Crippen molar-refractivity contribution in [2.75, 3.05) is 26.6 Å². The number of nitrogens with one attached hydrogen (secondary N) is 2. The number of anilines is 1. The average molecular weight is 561 g/mol. The van der Waals surface area contributed by atoms with Crippen LogP contribution in [0, 0.1) is 0 Å². The predicted octanol–water partition coefficient (Wildman–Crippen LogP) is 3.45. The highest BCUT2D eigenvalue weighted by molar-refractivity contribution is 7.89. The number of amides is 1. The normalized spacial score (nSPS) is 11.8. The highest BCUT2D eigenvalue weighted by Gasteiger charge is 2.27. The molecule has 0 aliphatic carbocycles. The van der Waals surface area contributed by atoms with E-state index < -0.39 is 33.9 Å². The molecule has 0 aromatic heterocycles. The van der Waals surface area contributed by atoms with Crippen LogP contribution in [0.4, 0.5) is 5.69 Å². The number of hydrogen-bond acceptors (Lipinski definition) is 8.